The summed E-state index contributed by atoms with van der Waals surface area (Å²) < 4.78 is 0. The fourth-order valence-electron chi connectivity index (χ4n) is 3.61. The number of hydrogen-bond acceptors (Lipinski definition) is 2. The van der Waals surface area contributed by atoms with Crippen LogP contribution in [0.4, 0.5) is 0 Å². The first-order valence-electron chi connectivity index (χ1n) is 7.54. The molecule has 1 saturated carbocycles. The zero-order valence-electron chi connectivity index (χ0n) is 11.6. The van der Waals surface area contributed by atoms with Gasteiger partial charge >= 0.3 is 0 Å². The van der Waals surface area contributed by atoms with Gasteiger partial charge in [-0.25, -0.2) is 0 Å². The molecule has 1 aliphatic heterocycles. The number of β-amino-alcohol motifs (C(OH)–C–C–N with tert-alkyl or cyclic N) is 1. The SMILES string of the molecule is CC(C)C1CCCN(CC2(O)CCCC2)CC1. The molecule has 1 N–H and O–H groups in total. The fraction of sp³-hybridized carbons (Fsp3) is 1.00. The summed E-state index contributed by atoms with van der Waals surface area (Å²) in [4.78, 5) is 2.52. The molecule has 0 spiro atoms. The minimum absolute atomic E-state index is 0.350. The van der Waals surface area contributed by atoms with Gasteiger partial charge in [0.1, 0.15) is 0 Å². The summed E-state index contributed by atoms with van der Waals surface area (Å²) in [6.07, 6.45) is 8.52. The second kappa shape index (κ2) is 5.71. The highest BCUT2D eigenvalue weighted by Crippen LogP contribution is 2.32. The molecule has 2 nitrogen and oxygen atoms in total. The van der Waals surface area contributed by atoms with Crippen LogP contribution in [0.2, 0.25) is 0 Å². The van der Waals surface area contributed by atoms with Crippen molar-refractivity contribution in [1.82, 2.24) is 4.90 Å². The topological polar surface area (TPSA) is 23.5 Å². The van der Waals surface area contributed by atoms with E-state index in [1.807, 2.05) is 0 Å². The Morgan fingerprint density at radius 1 is 1.12 bits per heavy atom. The highest BCUT2D eigenvalue weighted by Gasteiger charge is 2.33. The van der Waals surface area contributed by atoms with Crippen LogP contribution in [0.1, 0.15) is 58.8 Å². The lowest BCUT2D eigenvalue weighted by Gasteiger charge is -2.30. The maximum absolute atomic E-state index is 10.5. The average Bonchev–Trinajstić information content (AvgIpc) is 2.56. The van der Waals surface area contributed by atoms with Crippen LogP contribution < -0.4 is 0 Å². The molecule has 2 fully saturated rings. The zero-order chi connectivity index (χ0) is 12.3. The molecule has 2 heteroatoms. The van der Waals surface area contributed by atoms with Gasteiger partial charge in [0.05, 0.1) is 5.60 Å². The molecule has 17 heavy (non-hydrogen) atoms. The van der Waals surface area contributed by atoms with E-state index in [2.05, 4.69) is 18.7 Å². The first kappa shape index (κ1) is 13.4. The molecule has 0 aromatic heterocycles. The van der Waals surface area contributed by atoms with Gasteiger partial charge < -0.3 is 10.0 Å². The maximum Gasteiger partial charge on any atom is 0.0774 e. The summed E-state index contributed by atoms with van der Waals surface area (Å²) in [6.45, 7) is 8.03. The van der Waals surface area contributed by atoms with Gasteiger partial charge in [0.15, 0.2) is 0 Å². The fourth-order valence-corrected chi connectivity index (χ4v) is 3.61. The van der Waals surface area contributed by atoms with E-state index in [0.29, 0.717) is 0 Å². The summed E-state index contributed by atoms with van der Waals surface area (Å²) in [5.41, 5.74) is -0.350. The van der Waals surface area contributed by atoms with Crippen molar-refractivity contribution < 1.29 is 5.11 Å². The number of aliphatic hydroxyl groups is 1. The third-order valence-corrected chi connectivity index (χ3v) is 4.86. The number of likely N-dealkylation sites (tertiary alicyclic amines) is 1. The molecule has 1 unspecified atom stereocenters. The Kier molecular flexibility index (Phi) is 4.48. The first-order chi connectivity index (χ1) is 8.09. The Balaban J connectivity index is 1.82. The minimum atomic E-state index is -0.350. The molecule has 0 aromatic carbocycles. The van der Waals surface area contributed by atoms with Crippen LogP contribution in [-0.4, -0.2) is 35.2 Å². The third kappa shape index (κ3) is 3.69. The average molecular weight is 239 g/mol. The largest absolute Gasteiger partial charge is 0.389 e. The van der Waals surface area contributed by atoms with E-state index in [0.717, 1.165) is 31.2 Å². The van der Waals surface area contributed by atoms with Crippen LogP contribution in [0.25, 0.3) is 0 Å². The van der Waals surface area contributed by atoms with Gasteiger partial charge in [-0.3, -0.25) is 0 Å². The number of nitrogens with zero attached hydrogens (tertiary/aromatic N) is 1. The Morgan fingerprint density at radius 2 is 1.82 bits per heavy atom. The summed E-state index contributed by atoms with van der Waals surface area (Å²) in [7, 11) is 0. The molecule has 1 atom stereocenters. The van der Waals surface area contributed by atoms with E-state index in [1.54, 1.807) is 0 Å². The summed E-state index contributed by atoms with van der Waals surface area (Å²) in [5.74, 6) is 1.72. The lowest BCUT2D eigenvalue weighted by molar-refractivity contribution is 0.00992. The molecule has 0 bridgehead atoms. The first-order valence-corrected chi connectivity index (χ1v) is 7.54. The van der Waals surface area contributed by atoms with Crippen LogP contribution >= 0.6 is 0 Å². The molecule has 1 aliphatic carbocycles. The van der Waals surface area contributed by atoms with E-state index in [4.69, 9.17) is 0 Å². The Labute approximate surface area is 106 Å². The predicted octanol–water partition coefficient (Wildman–Crippen LogP) is 3.05. The van der Waals surface area contributed by atoms with Crippen molar-refractivity contribution in [3.63, 3.8) is 0 Å². The Morgan fingerprint density at radius 3 is 2.47 bits per heavy atom. The Bertz CT molecular complexity index is 233. The van der Waals surface area contributed by atoms with E-state index in [9.17, 15) is 5.11 Å². The molecule has 2 aliphatic rings. The highest BCUT2D eigenvalue weighted by molar-refractivity contribution is 4.88. The summed E-state index contributed by atoms with van der Waals surface area (Å²) in [6, 6.07) is 0. The molecule has 1 heterocycles. The minimum Gasteiger partial charge on any atom is -0.389 e. The van der Waals surface area contributed by atoms with Gasteiger partial charge in [-0.05, 0) is 57.0 Å². The molecular weight excluding hydrogens is 210 g/mol. The van der Waals surface area contributed by atoms with Gasteiger partial charge in [-0.2, -0.15) is 0 Å². The quantitative estimate of drug-likeness (QED) is 0.818. The van der Waals surface area contributed by atoms with Crippen molar-refractivity contribution in [1.29, 1.82) is 0 Å². The Hall–Kier alpha value is -0.0800. The molecule has 0 amide bonds. The molecule has 0 aromatic rings. The van der Waals surface area contributed by atoms with Crippen molar-refractivity contribution in [2.24, 2.45) is 11.8 Å². The highest BCUT2D eigenvalue weighted by atomic mass is 16.3. The second-order valence-electron chi connectivity index (χ2n) is 6.64. The summed E-state index contributed by atoms with van der Waals surface area (Å²) in [5, 5.41) is 10.5. The number of hydrogen-bond donors (Lipinski definition) is 1. The van der Waals surface area contributed by atoms with Crippen molar-refractivity contribution in [2.75, 3.05) is 19.6 Å². The van der Waals surface area contributed by atoms with Gasteiger partial charge in [0, 0.05) is 6.54 Å². The van der Waals surface area contributed by atoms with Crippen LogP contribution in [0.5, 0.6) is 0 Å². The predicted molar refractivity (Wildman–Crippen MR) is 72.0 cm³/mol. The van der Waals surface area contributed by atoms with E-state index in [1.165, 1.54) is 45.2 Å². The van der Waals surface area contributed by atoms with Gasteiger partial charge in [0.2, 0.25) is 0 Å². The van der Waals surface area contributed by atoms with Crippen molar-refractivity contribution in [3.8, 4) is 0 Å². The third-order valence-electron chi connectivity index (χ3n) is 4.86. The van der Waals surface area contributed by atoms with Crippen molar-refractivity contribution >= 4 is 0 Å². The maximum atomic E-state index is 10.5. The normalized spacial score (nSPS) is 30.7. The smallest absolute Gasteiger partial charge is 0.0774 e. The lowest BCUT2D eigenvalue weighted by Crippen LogP contribution is -2.41. The van der Waals surface area contributed by atoms with Crippen LogP contribution in [0.15, 0.2) is 0 Å². The van der Waals surface area contributed by atoms with E-state index < -0.39 is 0 Å². The molecular formula is C15H29NO. The molecule has 1 saturated heterocycles. The van der Waals surface area contributed by atoms with Gasteiger partial charge in [0.25, 0.3) is 0 Å². The lowest BCUT2D eigenvalue weighted by atomic mass is 9.89. The van der Waals surface area contributed by atoms with Crippen molar-refractivity contribution in [3.05, 3.63) is 0 Å². The van der Waals surface area contributed by atoms with Crippen molar-refractivity contribution in [2.45, 2.75) is 64.4 Å². The monoisotopic (exact) mass is 239 g/mol. The van der Waals surface area contributed by atoms with Crippen LogP contribution in [-0.2, 0) is 0 Å². The van der Waals surface area contributed by atoms with E-state index in [-0.39, 0.29) is 5.60 Å². The van der Waals surface area contributed by atoms with E-state index >= 15 is 0 Å². The second-order valence-corrected chi connectivity index (χ2v) is 6.64. The molecule has 2 rings (SSSR count). The van der Waals surface area contributed by atoms with Gasteiger partial charge in [-0.15, -0.1) is 0 Å². The molecule has 0 radical (unpaired) electrons. The standard InChI is InChI=1S/C15H29NO/c1-13(2)14-6-5-10-16(11-7-14)12-15(17)8-3-4-9-15/h13-14,17H,3-12H2,1-2H3. The van der Waals surface area contributed by atoms with Gasteiger partial charge in [-0.1, -0.05) is 26.7 Å². The summed E-state index contributed by atoms with van der Waals surface area (Å²) >= 11 is 0. The molecule has 100 valence electrons. The van der Waals surface area contributed by atoms with Crippen LogP contribution in [0, 0.1) is 11.8 Å². The van der Waals surface area contributed by atoms with Crippen LogP contribution in [0.3, 0.4) is 0 Å². The number of rotatable bonds is 3. The zero-order valence-corrected chi connectivity index (χ0v) is 11.6.